The van der Waals surface area contributed by atoms with Crippen LogP contribution in [0.4, 0.5) is 0 Å². The molecule has 13 heteroatoms. The lowest BCUT2D eigenvalue weighted by atomic mass is 9.83. The molecule has 49 heavy (non-hydrogen) atoms. The van der Waals surface area contributed by atoms with Crippen LogP contribution in [0, 0.1) is 47.3 Å². The summed E-state index contributed by atoms with van der Waals surface area (Å²) in [7, 11) is 6.15. The molecule has 1 saturated heterocycles. The molecule has 0 aromatic heterocycles. The summed E-state index contributed by atoms with van der Waals surface area (Å²) >= 11 is 0. The van der Waals surface area contributed by atoms with E-state index in [1.165, 1.54) is 27.1 Å². The maximum absolute atomic E-state index is 12.4. The number of fused-ring (bicyclic) bond motifs is 2. The molecule has 4 rings (SSSR count). The van der Waals surface area contributed by atoms with Crippen molar-refractivity contribution in [3.05, 3.63) is 37.5 Å². The fourth-order valence-corrected chi connectivity index (χ4v) is 6.53. The van der Waals surface area contributed by atoms with Crippen LogP contribution in [0.15, 0.2) is 37.5 Å². The molecule has 0 unspecified atom stereocenters. The van der Waals surface area contributed by atoms with E-state index in [-0.39, 0.29) is 62.0 Å². The van der Waals surface area contributed by atoms with E-state index >= 15 is 0 Å². The van der Waals surface area contributed by atoms with Crippen LogP contribution in [0.1, 0.15) is 25.7 Å². The van der Waals surface area contributed by atoms with Gasteiger partial charge in [0.15, 0.2) is 0 Å². The second-order valence-electron chi connectivity index (χ2n) is 12.0. The van der Waals surface area contributed by atoms with Crippen LogP contribution in [-0.2, 0) is 61.8 Å². The number of esters is 4. The van der Waals surface area contributed by atoms with Crippen molar-refractivity contribution in [2.75, 3.05) is 94.5 Å². The molecule has 0 radical (unpaired) electrons. The highest BCUT2D eigenvalue weighted by molar-refractivity contribution is 5.85. The van der Waals surface area contributed by atoms with Crippen molar-refractivity contribution in [1.82, 2.24) is 0 Å². The van der Waals surface area contributed by atoms with Crippen molar-refractivity contribution < 1.29 is 61.8 Å². The summed E-state index contributed by atoms with van der Waals surface area (Å²) in [6, 6.07) is 0. The first-order valence-corrected chi connectivity index (χ1v) is 16.9. The van der Waals surface area contributed by atoms with Gasteiger partial charge in [-0.1, -0.05) is 24.3 Å². The fraction of sp³-hybridized carbons (Fsp3) is 0.722. The Kier molecular flexibility index (Phi) is 20.7. The summed E-state index contributed by atoms with van der Waals surface area (Å²) < 4.78 is 45.2. The summed E-state index contributed by atoms with van der Waals surface area (Å²) in [5.74, 6) is -3.76. The van der Waals surface area contributed by atoms with Gasteiger partial charge >= 0.3 is 23.9 Å². The zero-order valence-corrected chi connectivity index (χ0v) is 29.5. The molecule has 1 heterocycles. The molecule has 8 atom stereocenters. The van der Waals surface area contributed by atoms with Gasteiger partial charge < -0.3 is 42.6 Å². The molecule has 13 nitrogen and oxygen atoms in total. The standard InChI is InChI=1S/C17H26O6.C15H22O6.C4H8O/c1-5-12-11-13(6-2)15(17(19)23-10-8-21-4)14(12)16(18)22-9-7-20-3;1-18-5-7-20-14(16)12-10-3-4-11(9-10)13(12)15(17)21-8-6-19-2;1-2-4-5-3-1/h5-6,12-15H,1-2,7-11H2,3-4H3;3-4,10-13H,5-9H2,1-2H3;1-4H2/t12-,13+,14-,15+;10-,11+,12+,13-;. The van der Waals surface area contributed by atoms with Crippen LogP contribution in [0.2, 0.25) is 0 Å². The van der Waals surface area contributed by atoms with Crippen molar-refractivity contribution in [1.29, 1.82) is 0 Å². The fourth-order valence-electron chi connectivity index (χ4n) is 6.53. The highest BCUT2D eigenvalue weighted by Crippen LogP contribution is 2.49. The van der Waals surface area contributed by atoms with Crippen LogP contribution < -0.4 is 0 Å². The lowest BCUT2D eigenvalue weighted by Gasteiger charge is -2.24. The molecule has 0 amide bonds. The van der Waals surface area contributed by atoms with Crippen molar-refractivity contribution in [3.63, 3.8) is 0 Å². The smallest absolute Gasteiger partial charge is 0.310 e. The zero-order chi connectivity index (χ0) is 36.0. The first-order chi connectivity index (χ1) is 23.8. The summed E-state index contributed by atoms with van der Waals surface area (Å²) in [5.41, 5.74) is 0. The molecule has 4 aliphatic rings. The average Bonchev–Trinajstić information content (AvgIpc) is 3.94. The van der Waals surface area contributed by atoms with E-state index < -0.39 is 35.6 Å². The quantitative estimate of drug-likeness (QED) is 0.0894. The van der Waals surface area contributed by atoms with E-state index in [9.17, 15) is 19.2 Å². The second-order valence-corrected chi connectivity index (χ2v) is 12.0. The summed E-state index contributed by atoms with van der Waals surface area (Å²) in [4.78, 5) is 49.2. The largest absolute Gasteiger partial charge is 0.463 e. The third-order valence-corrected chi connectivity index (χ3v) is 8.96. The lowest BCUT2D eigenvalue weighted by molar-refractivity contribution is -0.162. The van der Waals surface area contributed by atoms with Gasteiger partial charge in [0.1, 0.15) is 26.4 Å². The summed E-state index contributed by atoms with van der Waals surface area (Å²) in [6.45, 7) is 11.6. The SMILES string of the molecule is C1CCOC1.C=C[C@@H]1C[C@H](C=C)[C@H](C(=O)OCCOC)[C@@H]1C(=O)OCCOC.COCCOC(=O)[C@@H]1[C@H](C(=O)OCCOC)[C@H]2C=C[C@@H]1C2. The monoisotopic (exact) mass is 696 g/mol. The third-order valence-electron chi connectivity index (χ3n) is 8.96. The Morgan fingerprint density at radius 1 is 0.551 bits per heavy atom. The topological polar surface area (TPSA) is 151 Å². The number of hydrogen-bond donors (Lipinski definition) is 0. The number of carbonyl (C=O) groups is 4. The van der Waals surface area contributed by atoms with Crippen molar-refractivity contribution >= 4 is 23.9 Å². The van der Waals surface area contributed by atoms with E-state index in [2.05, 4.69) is 13.2 Å². The molecule has 2 saturated carbocycles. The van der Waals surface area contributed by atoms with E-state index in [0.717, 1.165) is 19.6 Å². The molecule has 278 valence electrons. The van der Waals surface area contributed by atoms with Gasteiger partial charge in [0, 0.05) is 41.7 Å². The van der Waals surface area contributed by atoms with E-state index in [4.69, 9.17) is 42.6 Å². The predicted octanol–water partition coefficient (Wildman–Crippen LogP) is 3.21. The summed E-state index contributed by atoms with van der Waals surface area (Å²) in [5, 5.41) is 0. The van der Waals surface area contributed by atoms with Gasteiger partial charge in [0.2, 0.25) is 0 Å². The van der Waals surface area contributed by atoms with Gasteiger partial charge in [-0.3, -0.25) is 19.2 Å². The minimum atomic E-state index is -0.609. The van der Waals surface area contributed by atoms with Gasteiger partial charge in [0.05, 0.1) is 50.1 Å². The lowest BCUT2D eigenvalue weighted by Crippen LogP contribution is -2.36. The van der Waals surface area contributed by atoms with Crippen LogP contribution in [-0.4, -0.2) is 118 Å². The Morgan fingerprint density at radius 2 is 0.878 bits per heavy atom. The van der Waals surface area contributed by atoms with Gasteiger partial charge in [-0.2, -0.15) is 0 Å². The summed E-state index contributed by atoms with van der Waals surface area (Å²) in [6.07, 6.45) is 11.4. The van der Waals surface area contributed by atoms with Crippen molar-refractivity contribution in [2.24, 2.45) is 47.3 Å². The number of ether oxygens (including phenoxy) is 9. The van der Waals surface area contributed by atoms with Crippen molar-refractivity contribution in [3.8, 4) is 0 Å². The molecule has 0 spiro atoms. The maximum atomic E-state index is 12.4. The minimum absolute atomic E-state index is 0.0741. The highest BCUT2D eigenvalue weighted by Gasteiger charge is 2.53. The Bertz CT molecular complexity index is 974. The first kappa shape index (κ1) is 42.1. The van der Waals surface area contributed by atoms with Crippen LogP contribution >= 0.6 is 0 Å². The number of allylic oxidation sites excluding steroid dienone is 4. The molecule has 0 aromatic carbocycles. The van der Waals surface area contributed by atoms with E-state index in [0.29, 0.717) is 32.8 Å². The number of hydrogen-bond acceptors (Lipinski definition) is 13. The Labute approximate surface area is 290 Å². The average molecular weight is 697 g/mol. The Balaban J connectivity index is 0.000000297. The Morgan fingerprint density at radius 3 is 1.14 bits per heavy atom. The van der Waals surface area contributed by atoms with Gasteiger partial charge in [0.25, 0.3) is 0 Å². The van der Waals surface area contributed by atoms with E-state index in [1.54, 1.807) is 26.4 Å². The van der Waals surface area contributed by atoms with Crippen LogP contribution in [0.5, 0.6) is 0 Å². The van der Waals surface area contributed by atoms with Crippen LogP contribution in [0.25, 0.3) is 0 Å². The molecule has 1 aliphatic heterocycles. The zero-order valence-electron chi connectivity index (χ0n) is 29.5. The Hall–Kier alpha value is -3.10. The molecular weight excluding hydrogens is 640 g/mol. The number of carbonyl (C=O) groups excluding carboxylic acids is 4. The predicted molar refractivity (Wildman–Crippen MR) is 178 cm³/mol. The molecule has 3 fully saturated rings. The third kappa shape index (κ3) is 13.3. The van der Waals surface area contributed by atoms with Crippen LogP contribution in [0.3, 0.4) is 0 Å². The normalized spacial score (nSPS) is 27.6. The number of rotatable bonds is 18. The van der Waals surface area contributed by atoms with Gasteiger partial charge in [-0.25, -0.2) is 0 Å². The molecule has 0 N–H and O–H groups in total. The van der Waals surface area contributed by atoms with Gasteiger partial charge in [-0.15, -0.1) is 13.2 Å². The van der Waals surface area contributed by atoms with Crippen molar-refractivity contribution in [2.45, 2.75) is 25.7 Å². The van der Waals surface area contributed by atoms with Gasteiger partial charge in [-0.05, 0) is 49.4 Å². The molecule has 2 bridgehead atoms. The molecule has 3 aliphatic carbocycles. The molecular formula is C36H56O13. The molecule has 0 aromatic rings. The first-order valence-electron chi connectivity index (χ1n) is 16.9. The second kappa shape index (κ2) is 24.1. The van der Waals surface area contributed by atoms with E-state index in [1.807, 2.05) is 12.2 Å². The highest BCUT2D eigenvalue weighted by atomic mass is 16.6. The number of methoxy groups -OCH3 is 4. The minimum Gasteiger partial charge on any atom is -0.463 e. The maximum Gasteiger partial charge on any atom is 0.310 e.